The first-order valence-corrected chi connectivity index (χ1v) is 5.43. The molecule has 3 nitrogen and oxygen atoms in total. The highest BCUT2D eigenvalue weighted by molar-refractivity contribution is 7.80. The maximum absolute atomic E-state index is 5.62. The molecule has 1 aromatic rings. The Balaban J connectivity index is 2.92. The van der Waals surface area contributed by atoms with E-state index in [1.807, 2.05) is 19.1 Å². The SMILES string of the molecule is Cc1ccc(C(N)=S)c(NCC(C)C)n1. The molecule has 0 fully saturated rings. The van der Waals surface area contributed by atoms with Gasteiger partial charge in [-0.2, -0.15) is 0 Å². The van der Waals surface area contributed by atoms with Crippen LogP contribution in [0.5, 0.6) is 0 Å². The van der Waals surface area contributed by atoms with Gasteiger partial charge in [0, 0.05) is 12.2 Å². The third-order valence-corrected chi connectivity index (χ3v) is 2.20. The third kappa shape index (κ3) is 3.47. The van der Waals surface area contributed by atoms with Gasteiger partial charge in [-0.05, 0) is 25.0 Å². The second-order valence-electron chi connectivity index (χ2n) is 3.99. The van der Waals surface area contributed by atoms with Crippen LogP contribution in [0.3, 0.4) is 0 Å². The minimum Gasteiger partial charge on any atom is -0.389 e. The van der Waals surface area contributed by atoms with Crippen LogP contribution in [0, 0.1) is 12.8 Å². The van der Waals surface area contributed by atoms with E-state index in [2.05, 4.69) is 24.1 Å². The summed E-state index contributed by atoms with van der Waals surface area (Å²) in [5.74, 6) is 1.35. The van der Waals surface area contributed by atoms with E-state index >= 15 is 0 Å². The van der Waals surface area contributed by atoms with Crippen LogP contribution >= 0.6 is 12.2 Å². The van der Waals surface area contributed by atoms with E-state index in [9.17, 15) is 0 Å². The van der Waals surface area contributed by atoms with Gasteiger partial charge in [0.15, 0.2) is 0 Å². The number of thiocarbonyl (C=S) groups is 1. The maximum Gasteiger partial charge on any atom is 0.136 e. The monoisotopic (exact) mass is 223 g/mol. The van der Waals surface area contributed by atoms with Gasteiger partial charge in [-0.15, -0.1) is 0 Å². The van der Waals surface area contributed by atoms with Crippen LogP contribution in [0.4, 0.5) is 5.82 Å². The Labute approximate surface area is 96.1 Å². The number of rotatable bonds is 4. The summed E-state index contributed by atoms with van der Waals surface area (Å²) in [5.41, 5.74) is 7.40. The Bertz CT molecular complexity index is 361. The number of nitrogens with one attached hydrogen (secondary N) is 1. The number of aromatic nitrogens is 1. The van der Waals surface area contributed by atoms with Crippen LogP contribution in [-0.4, -0.2) is 16.5 Å². The number of anilines is 1. The molecule has 0 amide bonds. The Hall–Kier alpha value is -1.16. The van der Waals surface area contributed by atoms with E-state index in [0.29, 0.717) is 10.9 Å². The number of nitrogens with two attached hydrogens (primary N) is 1. The van der Waals surface area contributed by atoms with Gasteiger partial charge < -0.3 is 11.1 Å². The summed E-state index contributed by atoms with van der Waals surface area (Å²) in [6.07, 6.45) is 0. The first-order valence-electron chi connectivity index (χ1n) is 5.02. The number of nitrogens with zero attached hydrogens (tertiary/aromatic N) is 1. The van der Waals surface area contributed by atoms with Crippen molar-refractivity contribution in [3.63, 3.8) is 0 Å². The molecule has 0 aliphatic rings. The zero-order valence-corrected chi connectivity index (χ0v) is 10.2. The highest BCUT2D eigenvalue weighted by atomic mass is 32.1. The number of hydrogen-bond acceptors (Lipinski definition) is 3. The Morgan fingerprint density at radius 3 is 2.73 bits per heavy atom. The van der Waals surface area contributed by atoms with Crippen molar-refractivity contribution in [1.29, 1.82) is 0 Å². The lowest BCUT2D eigenvalue weighted by atomic mass is 10.2. The van der Waals surface area contributed by atoms with Crippen molar-refractivity contribution < 1.29 is 0 Å². The van der Waals surface area contributed by atoms with Crippen LogP contribution < -0.4 is 11.1 Å². The quantitative estimate of drug-likeness (QED) is 0.767. The van der Waals surface area contributed by atoms with E-state index in [-0.39, 0.29) is 0 Å². The zero-order chi connectivity index (χ0) is 11.4. The Morgan fingerprint density at radius 2 is 2.20 bits per heavy atom. The fraction of sp³-hybridized carbons (Fsp3) is 0.455. The predicted octanol–water partition coefficient (Wildman–Crippen LogP) is 2.09. The maximum atomic E-state index is 5.62. The highest BCUT2D eigenvalue weighted by Crippen LogP contribution is 2.13. The molecule has 1 rings (SSSR count). The van der Waals surface area contributed by atoms with Gasteiger partial charge >= 0.3 is 0 Å². The summed E-state index contributed by atoms with van der Waals surface area (Å²) >= 11 is 4.97. The Kier molecular flexibility index (Phi) is 4.03. The first kappa shape index (κ1) is 11.9. The van der Waals surface area contributed by atoms with Gasteiger partial charge in [-0.25, -0.2) is 4.98 Å². The second kappa shape index (κ2) is 5.07. The molecule has 82 valence electrons. The Morgan fingerprint density at radius 1 is 1.53 bits per heavy atom. The molecule has 3 N–H and O–H groups in total. The number of hydrogen-bond donors (Lipinski definition) is 2. The van der Waals surface area contributed by atoms with Crippen molar-refractivity contribution >= 4 is 23.0 Å². The van der Waals surface area contributed by atoms with Gasteiger partial charge in [-0.3, -0.25) is 0 Å². The molecular formula is C11H17N3S. The smallest absolute Gasteiger partial charge is 0.136 e. The molecule has 0 spiro atoms. The first-order chi connectivity index (χ1) is 7.00. The predicted molar refractivity (Wildman–Crippen MR) is 68.2 cm³/mol. The number of pyridine rings is 1. The second-order valence-corrected chi connectivity index (χ2v) is 4.43. The summed E-state index contributed by atoms with van der Waals surface area (Å²) in [6.45, 7) is 7.10. The summed E-state index contributed by atoms with van der Waals surface area (Å²) in [7, 11) is 0. The van der Waals surface area contributed by atoms with E-state index < -0.39 is 0 Å². The van der Waals surface area contributed by atoms with Crippen LogP contribution in [-0.2, 0) is 0 Å². The van der Waals surface area contributed by atoms with Gasteiger partial charge in [-0.1, -0.05) is 26.1 Å². The van der Waals surface area contributed by atoms with Crippen molar-refractivity contribution in [3.05, 3.63) is 23.4 Å². The van der Waals surface area contributed by atoms with Crippen LogP contribution in [0.2, 0.25) is 0 Å². The summed E-state index contributed by atoms with van der Waals surface area (Å²) < 4.78 is 0. The minimum absolute atomic E-state index is 0.383. The molecule has 0 aromatic carbocycles. The zero-order valence-electron chi connectivity index (χ0n) is 9.37. The fourth-order valence-electron chi connectivity index (χ4n) is 1.19. The molecule has 0 radical (unpaired) electrons. The normalized spacial score (nSPS) is 10.4. The lowest BCUT2D eigenvalue weighted by molar-refractivity contribution is 0.686. The van der Waals surface area contributed by atoms with Crippen LogP contribution in [0.1, 0.15) is 25.1 Å². The van der Waals surface area contributed by atoms with Crippen molar-refractivity contribution in [2.45, 2.75) is 20.8 Å². The standard InChI is InChI=1S/C11H17N3S/c1-7(2)6-13-11-9(10(12)15)5-4-8(3)14-11/h4-5,7H,6H2,1-3H3,(H2,12,15)(H,13,14). The van der Waals surface area contributed by atoms with Gasteiger partial charge in [0.2, 0.25) is 0 Å². The van der Waals surface area contributed by atoms with Crippen molar-refractivity contribution in [3.8, 4) is 0 Å². The molecule has 0 unspecified atom stereocenters. The molecular weight excluding hydrogens is 206 g/mol. The average molecular weight is 223 g/mol. The van der Waals surface area contributed by atoms with Crippen LogP contribution in [0.25, 0.3) is 0 Å². The molecule has 0 atom stereocenters. The summed E-state index contributed by atoms with van der Waals surface area (Å²) in [6, 6.07) is 3.82. The number of aryl methyl sites for hydroxylation is 1. The van der Waals surface area contributed by atoms with Gasteiger partial charge in [0.25, 0.3) is 0 Å². The van der Waals surface area contributed by atoms with Crippen molar-refractivity contribution in [1.82, 2.24) is 4.98 Å². The van der Waals surface area contributed by atoms with E-state index in [1.54, 1.807) is 0 Å². The van der Waals surface area contributed by atoms with Gasteiger partial charge in [0.05, 0.1) is 5.56 Å². The average Bonchev–Trinajstić information content (AvgIpc) is 2.14. The lowest BCUT2D eigenvalue weighted by Gasteiger charge is -2.12. The topological polar surface area (TPSA) is 50.9 Å². The van der Waals surface area contributed by atoms with Crippen molar-refractivity contribution in [2.75, 3.05) is 11.9 Å². The lowest BCUT2D eigenvalue weighted by Crippen LogP contribution is -2.17. The molecule has 15 heavy (non-hydrogen) atoms. The molecule has 1 heterocycles. The molecule has 0 bridgehead atoms. The molecule has 4 heteroatoms. The third-order valence-electron chi connectivity index (χ3n) is 1.98. The van der Waals surface area contributed by atoms with E-state index in [1.165, 1.54) is 0 Å². The van der Waals surface area contributed by atoms with Gasteiger partial charge in [0.1, 0.15) is 10.8 Å². The fourth-order valence-corrected chi connectivity index (χ4v) is 1.36. The van der Waals surface area contributed by atoms with Crippen molar-refractivity contribution in [2.24, 2.45) is 11.7 Å². The molecule has 0 aliphatic carbocycles. The molecule has 0 aliphatic heterocycles. The minimum atomic E-state index is 0.383. The largest absolute Gasteiger partial charge is 0.389 e. The molecule has 0 saturated carbocycles. The molecule has 1 aromatic heterocycles. The summed E-state index contributed by atoms with van der Waals surface area (Å²) in [4.78, 5) is 4.77. The van der Waals surface area contributed by atoms with E-state index in [4.69, 9.17) is 18.0 Å². The van der Waals surface area contributed by atoms with Crippen LogP contribution in [0.15, 0.2) is 12.1 Å². The highest BCUT2D eigenvalue weighted by Gasteiger charge is 2.06. The van der Waals surface area contributed by atoms with E-state index in [0.717, 1.165) is 23.6 Å². The molecule has 0 saturated heterocycles. The summed E-state index contributed by atoms with van der Waals surface area (Å²) in [5, 5.41) is 3.26.